The van der Waals surface area contributed by atoms with Gasteiger partial charge in [-0.25, -0.2) is 8.42 Å². The minimum Gasteiger partial charge on any atom is -0.350 e. The number of carbonyl (C=O) groups is 1. The minimum atomic E-state index is -3.57. The first kappa shape index (κ1) is 23.3. The van der Waals surface area contributed by atoms with Gasteiger partial charge in [0.25, 0.3) is 0 Å². The van der Waals surface area contributed by atoms with Gasteiger partial charge in [0, 0.05) is 13.1 Å². The Labute approximate surface area is 186 Å². The molecule has 0 bridgehead atoms. The van der Waals surface area contributed by atoms with E-state index in [2.05, 4.69) is 22.3 Å². The van der Waals surface area contributed by atoms with Gasteiger partial charge in [-0.1, -0.05) is 49.7 Å². The Morgan fingerprint density at radius 3 is 2.32 bits per heavy atom. The lowest BCUT2D eigenvalue weighted by molar-refractivity contribution is -0.119. The van der Waals surface area contributed by atoms with E-state index in [-0.39, 0.29) is 12.5 Å². The summed E-state index contributed by atoms with van der Waals surface area (Å²) < 4.78 is 25.7. The molecule has 0 aromatic heterocycles. The standard InChI is InChI=1S/C24H33N3O3S/c1-3-20-10-12-23(13-11-20)27(31(2,29)30)19-24(28)25-17-21-8-7-9-22(16-21)18-26-14-5-4-6-15-26/h7-13,16H,3-6,14-15,17-19H2,1-2H3,(H,25,28). The summed E-state index contributed by atoms with van der Waals surface area (Å²) in [7, 11) is -3.57. The smallest absolute Gasteiger partial charge is 0.241 e. The van der Waals surface area contributed by atoms with E-state index in [9.17, 15) is 13.2 Å². The van der Waals surface area contributed by atoms with Crippen LogP contribution in [0.1, 0.15) is 42.9 Å². The molecule has 2 aromatic carbocycles. The second kappa shape index (κ2) is 10.8. The zero-order valence-electron chi connectivity index (χ0n) is 18.5. The summed E-state index contributed by atoms with van der Waals surface area (Å²) in [6.45, 7) is 5.38. The number of aryl methyl sites for hydroxylation is 1. The monoisotopic (exact) mass is 443 g/mol. The molecule has 31 heavy (non-hydrogen) atoms. The van der Waals surface area contributed by atoms with Crippen LogP contribution in [0.2, 0.25) is 0 Å². The molecular formula is C24H33N3O3S. The molecule has 168 valence electrons. The Balaban J connectivity index is 1.59. The topological polar surface area (TPSA) is 69.7 Å². The number of nitrogens with one attached hydrogen (secondary N) is 1. The van der Waals surface area contributed by atoms with Crippen LogP contribution in [0, 0.1) is 0 Å². The Morgan fingerprint density at radius 2 is 1.68 bits per heavy atom. The second-order valence-electron chi connectivity index (χ2n) is 8.22. The largest absolute Gasteiger partial charge is 0.350 e. The lowest BCUT2D eigenvalue weighted by Crippen LogP contribution is -2.40. The maximum absolute atomic E-state index is 12.5. The van der Waals surface area contributed by atoms with Crippen molar-refractivity contribution in [1.82, 2.24) is 10.2 Å². The van der Waals surface area contributed by atoms with E-state index in [0.717, 1.165) is 47.7 Å². The summed E-state index contributed by atoms with van der Waals surface area (Å²) in [4.78, 5) is 15.0. The zero-order chi connectivity index (χ0) is 22.3. The van der Waals surface area contributed by atoms with Crippen molar-refractivity contribution >= 4 is 21.6 Å². The van der Waals surface area contributed by atoms with E-state index in [1.807, 2.05) is 31.2 Å². The molecule has 0 saturated carbocycles. The Morgan fingerprint density at radius 1 is 1.00 bits per heavy atom. The van der Waals surface area contributed by atoms with Gasteiger partial charge in [0.2, 0.25) is 15.9 Å². The van der Waals surface area contributed by atoms with Crippen molar-refractivity contribution in [2.45, 2.75) is 45.7 Å². The van der Waals surface area contributed by atoms with Gasteiger partial charge in [-0.2, -0.15) is 0 Å². The third-order valence-electron chi connectivity index (χ3n) is 5.66. The van der Waals surface area contributed by atoms with Crippen LogP contribution in [0.5, 0.6) is 0 Å². The molecular weight excluding hydrogens is 410 g/mol. The molecule has 3 rings (SSSR count). The number of hydrogen-bond acceptors (Lipinski definition) is 4. The van der Waals surface area contributed by atoms with Gasteiger partial charge in [0.15, 0.2) is 0 Å². The van der Waals surface area contributed by atoms with Crippen molar-refractivity contribution in [3.63, 3.8) is 0 Å². The average molecular weight is 444 g/mol. The molecule has 2 aromatic rings. The van der Waals surface area contributed by atoms with Crippen LogP contribution < -0.4 is 9.62 Å². The number of likely N-dealkylation sites (tertiary alicyclic amines) is 1. The highest BCUT2D eigenvalue weighted by molar-refractivity contribution is 7.92. The van der Waals surface area contributed by atoms with Gasteiger partial charge in [-0.15, -0.1) is 0 Å². The highest BCUT2D eigenvalue weighted by Crippen LogP contribution is 2.19. The van der Waals surface area contributed by atoms with E-state index in [4.69, 9.17) is 0 Å². The minimum absolute atomic E-state index is 0.238. The van der Waals surface area contributed by atoms with Crippen molar-refractivity contribution in [3.05, 3.63) is 65.2 Å². The predicted molar refractivity (Wildman–Crippen MR) is 125 cm³/mol. The molecule has 1 aliphatic rings. The van der Waals surface area contributed by atoms with Crippen molar-refractivity contribution in [3.8, 4) is 0 Å². The Bertz CT molecular complexity index is 968. The first-order valence-electron chi connectivity index (χ1n) is 11.0. The fraction of sp³-hybridized carbons (Fsp3) is 0.458. The quantitative estimate of drug-likeness (QED) is 0.646. The van der Waals surface area contributed by atoms with Crippen molar-refractivity contribution in [2.24, 2.45) is 0 Å². The van der Waals surface area contributed by atoms with Gasteiger partial charge in [-0.05, 0) is 61.2 Å². The van der Waals surface area contributed by atoms with Gasteiger partial charge in [0.1, 0.15) is 6.54 Å². The summed E-state index contributed by atoms with van der Waals surface area (Å²) in [6.07, 6.45) is 5.83. The molecule has 1 heterocycles. The van der Waals surface area contributed by atoms with E-state index < -0.39 is 10.0 Å². The van der Waals surface area contributed by atoms with Gasteiger partial charge < -0.3 is 5.32 Å². The second-order valence-corrected chi connectivity index (χ2v) is 10.1. The van der Waals surface area contributed by atoms with Crippen LogP contribution in [-0.4, -0.2) is 45.1 Å². The fourth-order valence-corrected chi connectivity index (χ4v) is 4.76. The molecule has 0 atom stereocenters. The highest BCUT2D eigenvalue weighted by atomic mass is 32.2. The maximum atomic E-state index is 12.5. The SMILES string of the molecule is CCc1ccc(N(CC(=O)NCc2cccc(CN3CCCCC3)c2)S(C)(=O)=O)cc1. The first-order valence-corrected chi connectivity index (χ1v) is 12.8. The predicted octanol–water partition coefficient (Wildman–Crippen LogP) is 3.32. The number of rotatable bonds is 9. The number of benzene rings is 2. The lowest BCUT2D eigenvalue weighted by atomic mass is 10.1. The van der Waals surface area contributed by atoms with Crippen LogP contribution >= 0.6 is 0 Å². The molecule has 0 aliphatic carbocycles. The molecule has 6 nitrogen and oxygen atoms in total. The molecule has 1 aliphatic heterocycles. The van der Waals surface area contributed by atoms with Crippen molar-refractivity contribution in [1.29, 1.82) is 0 Å². The number of sulfonamides is 1. The van der Waals surface area contributed by atoms with E-state index in [1.54, 1.807) is 12.1 Å². The summed E-state index contributed by atoms with van der Waals surface area (Å²) >= 11 is 0. The highest BCUT2D eigenvalue weighted by Gasteiger charge is 2.20. The summed E-state index contributed by atoms with van der Waals surface area (Å²) in [5, 5.41) is 2.87. The van der Waals surface area contributed by atoms with Crippen LogP contribution in [0.4, 0.5) is 5.69 Å². The summed E-state index contributed by atoms with van der Waals surface area (Å²) in [6, 6.07) is 15.5. The zero-order valence-corrected chi connectivity index (χ0v) is 19.3. The fourth-order valence-electron chi connectivity index (χ4n) is 3.90. The van der Waals surface area contributed by atoms with E-state index >= 15 is 0 Å². The average Bonchev–Trinajstić information content (AvgIpc) is 2.76. The Kier molecular flexibility index (Phi) is 8.09. The van der Waals surface area contributed by atoms with Gasteiger partial charge >= 0.3 is 0 Å². The van der Waals surface area contributed by atoms with Gasteiger partial charge in [-0.3, -0.25) is 14.0 Å². The first-order chi connectivity index (χ1) is 14.8. The third kappa shape index (κ3) is 7.08. The molecule has 1 N–H and O–H groups in total. The van der Waals surface area contributed by atoms with Crippen LogP contribution in [0.15, 0.2) is 48.5 Å². The molecule has 0 radical (unpaired) electrons. The normalized spacial score (nSPS) is 14.9. The number of amides is 1. The van der Waals surface area contributed by atoms with Crippen molar-refractivity contribution in [2.75, 3.05) is 30.2 Å². The van der Waals surface area contributed by atoms with E-state index in [0.29, 0.717) is 12.2 Å². The summed E-state index contributed by atoms with van der Waals surface area (Å²) in [5.41, 5.74) is 3.87. The number of nitrogens with zero attached hydrogens (tertiary/aromatic N) is 2. The molecule has 7 heteroatoms. The number of anilines is 1. The van der Waals surface area contributed by atoms with E-state index in [1.165, 1.54) is 24.8 Å². The number of hydrogen-bond donors (Lipinski definition) is 1. The molecule has 1 fully saturated rings. The van der Waals surface area contributed by atoms with Gasteiger partial charge in [0.05, 0.1) is 11.9 Å². The van der Waals surface area contributed by atoms with Crippen LogP contribution in [0.3, 0.4) is 0 Å². The lowest BCUT2D eigenvalue weighted by Gasteiger charge is -2.26. The molecule has 1 saturated heterocycles. The van der Waals surface area contributed by atoms with Crippen LogP contribution in [-0.2, 0) is 34.3 Å². The summed E-state index contributed by atoms with van der Waals surface area (Å²) in [5.74, 6) is -0.327. The maximum Gasteiger partial charge on any atom is 0.241 e. The van der Waals surface area contributed by atoms with Crippen LogP contribution in [0.25, 0.3) is 0 Å². The number of carbonyl (C=O) groups excluding carboxylic acids is 1. The number of piperidine rings is 1. The Hall–Kier alpha value is -2.38. The molecule has 1 amide bonds. The molecule has 0 spiro atoms. The molecule has 0 unspecified atom stereocenters. The third-order valence-corrected chi connectivity index (χ3v) is 6.80. The van der Waals surface area contributed by atoms with Crippen molar-refractivity contribution < 1.29 is 13.2 Å².